The molecule has 2 heterocycles. The van der Waals surface area contributed by atoms with Crippen LogP contribution in [-0.2, 0) is 6.42 Å². The first kappa shape index (κ1) is 13.0. The fourth-order valence-corrected chi connectivity index (χ4v) is 4.25. The second-order valence-electron chi connectivity index (χ2n) is 5.75. The molecule has 3 rings (SSSR count). The predicted molar refractivity (Wildman–Crippen MR) is 75.3 cm³/mol. The Balaban J connectivity index is 1.71. The van der Waals surface area contributed by atoms with Crippen LogP contribution in [0, 0.1) is 11.8 Å². The van der Waals surface area contributed by atoms with Gasteiger partial charge in [0.05, 0.1) is 5.69 Å². The molecule has 0 radical (unpaired) electrons. The number of nitrogens with zero attached hydrogens (tertiary/aromatic N) is 3. The van der Waals surface area contributed by atoms with E-state index in [1.807, 2.05) is 11.8 Å². The third-order valence-electron chi connectivity index (χ3n) is 4.66. The topological polar surface area (TPSA) is 46.1 Å². The third-order valence-corrected chi connectivity index (χ3v) is 5.42. The van der Waals surface area contributed by atoms with Crippen LogP contribution in [0.25, 0.3) is 0 Å². The Morgan fingerprint density at radius 3 is 2.89 bits per heavy atom. The number of carbonyl (C=O) groups excluding carboxylic acids is 1. The van der Waals surface area contributed by atoms with E-state index in [0.29, 0.717) is 0 Å². The molecule has 104 valence electrons. The quantitative estimate of drug-likeness (QED) is 0.836. The van der Waals surface area contributed by atoms with Gasteiger partial charge in [0.25, 0.3) is 5.91 Å². The number of aryl methyl sites for hydroxylation is 1. The molecule has 1 aromatic rings. The van der Waals surface area contributed by atoms with Crippen LogP contribution in [-0.4, -0.2) is 33.5 Å². The summed E-state index contributed by atoms with van der Waals surface area (Å²) in [5.41, 5.74) is 0.862. The van der Waals surface area contributed by atoms with Gasteiger partial charge >= 0.3 is 0 Å². The minimum atomic E-state index is 0.163. The fourth-order valence-electron chi connectivity index (χ4n) is 3.53. The molecule has 2 atom stereocenters. The molecule has 1 saturated carbocycles. The SMILES string of the molecule is CCc1nnsc1C(=O)N1CC[C@H]2CCCC[C@H]2C1. The Morgan fingerprint density at radius 2 is 2.11 bits per heavy atom. The third kappa shape index (κ3) is 2.53. The average Bonchev–Trinajstić information content (AvgIpc) is 2.94. The van der Waals surface area contributed by atoms with E-state index in [4.69, 9.17) is 0 Å². The first-order valence-electron chi connectivity index (χ1n) is 7.40. The molecule has 0 spiro atoms. The first-order valence-corrected chi connectivity index (χ1v) is 8.17. The maximum atomic E-state index is 12.6. The van der Waals surface area contributed by atoms with Crippen molar-refractivity contribution >= 4 is 17.4 Å². The monoisotopic (exact) mass is 279 g/mol. The highest BCUT2D eigenvalue weighted by molar-refractivity contribution is 7.08. The summed E-state index contributed by atoms with van der Waals surface area (Å²) in [5.74, 6) is 1.76. The predicted octanol–water partition coefficient (Wildman–Crippen LogP) is 2.75. The molecular weight excluding hydrogens is 258 g/mol. The number of hydrogen-bond donors (Lipinski definition) is 0. The van der Waals surface area contributed by atoms with Crippen molar-refractivity contribution in [3.63, 3.8) is 0 Å². The molecule has 19 heavy (non-hydrogen) atoms. The van der Waals surface area contributed by atoms with Crippen LogP contribution in [0.2, 0.25) is 0 Å². The van der Waals surface area contributed by atoms with Crippen LogP contribution in [0.3, 0.4) is 0 Å². The van der Waals surface area contributed by atoms with Crippen LogP contribution in [0.15, 0.2) is 0 Å². The molecule has 0 N–H and O–H groups in total. The van der Waals surface area contributed by atoms with Gasteiger partial charge in [-0.2, -0.15) is 0 Å². The molecule has 1 aliphatic heterocycles. The van der Waals surface area contributed by atoms with Gasteiger partial charge in [-0.15, -0.1) is 5.10 Å². The van der Waals surface area contributed by atoms with Gasteiger partial charge in [0.1, 0.15) is 4.88 Å². The highest BCUT2D eigenvalue weighted by atomic mass is 32.1. The number of piperidine rings is 1. The van der Waals surface area contributed by atoms with Crippen molar-refractivity contribution in [2.24, 2.45) is 11.8 Å². The fraction of sp³-hybridized carbons (Fsp3) is 0.786. The summed E-state index contributed by atoms with van der Waals surface area (Å²) in [6.45, 7) is 3.90. The minimum absolute atomic E-state index is 0.163. The summed E-state index contributed by atoms with van der Waals surface area (Å²) in [7, 11) is 0. The van der Waals surface area contributed by atoms with Crippen molar-refractivity contribution in [2.75, 3.05) is 13.1 Å². The zero-order chi connectivity index (χ0) is 13.2. The molecular formula is C14H21N3OS. The highest BCUT2D eigenvalue weighted by Crippen LogP contribution is 2.36. The van der Waals surface area contributed by atoms with Gasteiger partial charge in [-0.05, 0) is 42.6 Å². The van der Waals surface area contributed by atoms with E-state index in [2.05, 4.69) is 9.59 Å². The van der Waals surface area contributed by atoms with Crippen LogP contribution in [0.1, 0.15) is 54.4 Å². The Morgan fingerprint density at radius 1 is 1.32 bits per heavy atom. The Bertz CT molecular complexity index is 459. The summed E-state index contributed by atoms with van der Waals surface area (Å²) in [6.07, 6.45) is 7.37. The van der Waals surface area contributed by atoms with E-state index in [9.17, 15) is 4.79 Å². The van der Waals surface area contributed by atoms with Gasteiger partial charge in [-0.25, -0.2) is 0 Å². The molecule has 2 fully saturated rings. The Kier molecular flexibility index (Phi) is 3.82. The molecule has 4 nitrogen and oxygen atoms in total. The van der Waals surface area contributed by atoms with Gasteiger partial charge in [0, 0.05) is 13.1 Å². The van der Waals surface area contributed by atoms with E-state index >= 15 is 0 Å². The lowest BCUT2D eigenvalue weighted by Crippen LogP contribution is -2.44. The number of carbonyl (C=O) groups is 1. The second-order valence-corrected chi connectivity index (χ2v) is 6.50. The molecule has 1 aromatic heterocycles. The van der Waals surface area contributed by atoms with Crippen molar-refractivity contribution in [1.82, 2.24) is 14.5 Å². The Hall–Kier alpha value is -0.970. The zero-order valence-electron chi connectivity index (χ0n) is 11.5. The smallest absolute Gasteiger partial charge is 0.267 e. The Labute approximate surface area is 118 Å². The van der Waals surface area contributed by atoms with E-state index in [0.717, 1.165) is 41.9 Å². The summed E-state index contributed by atoms with van der Waals surface area (Å²) in [6, 6.07) is 0. The zero-order valence-corrected chi connectivity index (χ0v) is 12.3. The normalized spacial score (nSPS) is 27.1. The van der Waals surface area contributed by atoms with Crippen LogP contribution < -0.4 is 0 Å². The van der Waals surface area contributed by atoms with E-state index in [-0.39, 0.29) is 5.91 Å². The molecule has 1 saturated heterocycles. The number of likely N-dealkylation sites (tertiary alicyclic amines) is 1. The summed E-state index contributed by atoms with van der Waals surface area (Å²) < 4.78 is 3.93. The largest absolute Gasteiger partial charge is 0.338 e. The van der Waals surface area contributed by atoms with Gasteiger partial charge in [-0.1, -0.05) is 30.7 Å². The van der Waals surface area contributed by atoms with Gasteiger partial charge in [0.2, 0.25) is 0 Å². The standard InChI is InChI=1S/C14H21N3OS/c1-2-12-13(19-16-15-12)14(18)17-8-7-10-5-3-4-6-11(10)9-17/h10-11H,2-9H2,1H3/t10-,11+/m1/s1. The summed E-state index contributed by atoms with van der Waals surface area (Å²) in [5, 5.41) is 4.05. The lowest BCUT2D eigenvalue weighted by atomic mass is 9.75. The number of aromatic nitrogens is 2. The van der Waals surface area contributed by atoms with Crippen LogP contribution in [0.4, 0.5) is 0 Å². The van der Waals surface area contributed by atoms with Crippen molar-refractivity contribution in [1.29, 1.82) is 0 Å². The highest BCUT2D eigenvalue weighted by Gasteiger charge is 2.34. The van der Waals surface area contributed by atoms with Crippen molar-refractivity contribution in [3.8, 4) is 0 Å². The van der Waals surface area contributed by atoms with Crippen LogP contribution >= 0.6 is 11.5 Å². The first-order chi connectivity index (χ1) is 9.29. The molecule has 0 unspecified atom stereocenters. The van der Waals surface area contributed by atoms with E-state index in [1.54, 1.807) is 0 Å². The van der Waals surface area contributed by atoms with Crippen LogP contribution in [0.5, 0.6) is 0 Å². The summed E-state index contributed by atoms with van der Waals surface area (Å²) >= 11 is 1.25. The minimum Gasteiger partial charge on any atom is -0.338 e. The summed E-state index contributed by atoms with van der Waals surface area (Å²) in [4.78, 5) is 15.4. The molecule has 0 aromatic carbocycles. The maximum Gasteiger partial charge on any atom is 0.267 e. The number of amides is 1. The lowest BCUT2D eigenvalue weighted by molar-refractivity contribution is 0.0524. The van der Waals surface area contributed by atoms with Gasteiger partial charge in [0.15, 0.2) is 0 Å². The average molecular weight is 279 g/mol. The molecule has 0 bridgehead atoms. The van der Waals surface area contributed by atoms with E-state index in [1.165, 1.54) is 43.6 Å². The van der Waals surface area contributed by atoms with E-state index < -0.39 is 0 Å². The molecule has 1 amide bonds. The molecule has 5 heteroatoms. The molecule has 2 aliphatic rings. The number of hydrogen-bond acceptors (Lipinski definition) is 4. The molecule has 1 aliphatic carbocycles. The van der Waals surface area contributed by atoms with Gasteiger partial charge < -0.3 is 4.90 Å². The van der Waals surface area contributed by atoms with Gasteiger partial charge in [-0.3, -0.25) is 4.79 Å². The second kappa shape index (κ2) is 5.57. The maximum absolute atomic E-state index is 12.6. The van der Waals surface area contributed by atoms with Crippen molar-refractivity contribution in [3.05, 3.63) is 10.6 Å². The van der Waals surface area contributed by atoms with Crippen molar-refractivity contribution < 1.29 is 4.79 Å². The van der Waals surface area contributed by atoms with Crippen molar-refractivity contribution in [2.45, 2.75) is 45.4 Å². The lowest BCUT2D eigenvalue weighted by Gasteiger charge is -2.41. The number of rotatable bonds is 2. The number of fused-ring (bicyclic) bond motifs is 1.